The average Bonchev–Trinajstić information content (AvgIpc) is 2.76. The molecule has 0 aliphatic carbocycles. The summed E-state index contributed by atoms with van der Waals surface area (Å²) in [6.07, 6.45) is 0.877. The molecule has 96 valence electrons. The number of rotatable bonds is 4. The molecule has 0 aromatic heterocycles. The Balaban J connectivity index is 2.05. The minimum absolute atomic E-state index is 0.0540. The Kier molecular flexibility index (Phi) is 3.62. The van der Waals surface area contributed by atoms with E-state index >= 15 is 0 Å². The minimum atomic E-state index is -0.808. The van der Waals surface area contributed by atoms with Crippen molar-refractivity contribution in [1.29, 1.82) is 0 Å². The molecule has 5 nitrogen and oxygen atoms in total. The van der Waals surface area contributed by atoms with Gasteiger partial charge in [0.25, 0.3) is 5.91 Å². The lowest BCUT2D eigenvalue weighted by atomic mass is 10.0. The number of carbonyl (C=O) groups is 2. The second-order valence-corrected chi connectivity index (χ2v) is 4.38. The molecule has 1 aromatic carbocycles. The van der Waals surface area contributed by atoms with Crippen LogP contribution < -0.4 is 5.06 Å². The molecule has 18 heavy (non-hydrogen) atoms. The van der Waals surface area contributed by atoms with Gasteiger partial charge >= 0.3 is 5.97 Å². The van der Waals surface area contributed by atoms with E-state index in [9.17, 15) is 9.59 Å². The molecule has 1 atom stereocenters. The maximum atomic E-state index is 11.4. The Morgan fingerprint density at radius 3 is 2.61 bits per heavy atom. The van der Waals surface area contributed by atoms with Crippen molar-refractivity contribution in [1.82, 2.24) is 0 Å². The SMILES string of the molecule is CC(Cc1ccc(N2OCCC2=O)cc1)C(=O)O. The van der Waals surface area contributed by atoms with Crippen LogP contribution in [0, 0.1) is 5.92 Å². The van der Waals surface area contributed by atoms with Crippen molar-refractivity contribution in [3.8, 4) is 0 Å². The first-order valence-electron chi connectivity index (χ1n) is 5.85. The number of anilines is 1. The minimum Gasteiger partial charge on any atom is -0.481 e. The fourth-order valence-electron chi connectivity index (χ4n) is 1.82. The number of hydroxylamine groups is 1. The van der Waals surface area contributed by atoms with Crippen LogP contribution in [0.1, 0.15) is 18.9 Å². The van der Waals surface area contributed by atoms with Gasteiger partial charge in [-0.05, 0) is 24.1 Å². The molecule has 1 aliphatic heterocycles. The number of nitrogens with zero attached hydrogens (tertiary/aromatic N) is 1. The Morgan fingerprint density at radius 1 is 1.44 bits per heavy atom. The molecule has 1 aromatic rings. The molecule has 5 heteroatoms. The maximum absolute atomic E-state index is 11.4. The van der Waals surface area contributed by atoms with Crippen LogP contribution in [0.25, 0.3) is 0 Å². The zero-order valence-corrected chi connectivity index (χ0v) is 10.1. The summed E-state index contributed by atoms with van der Waals surface area (Å²) in [4.78, 5) is 27.4. The van der Waals surface area contributed by atoms with E-state index in [-0.39, 0.29) is 5.91 Å². The summed E-state index contributed by atoms with van der Waals surface area (Å²) in [6, 6.07) is 7.19. The highest BCUT2D eigenvalue weighted by molar-refractivity contribution is 5.92. The normalized spacial score (nSPS) is 16.9. The van der Waals surface area contributed by atoms with Crippen molar-refractivity contribution in [2.45, 2.75) is 19.8 Å². The number of hydrogen-bond acceptors (Lipinski definition) is 3. The van der Waals surface area contributed by atoms with Crippen LogP contribution in [0.4, 0.5) is 5.69 Å². The van der Waals surface area contributed by atoms with Crippen LogP contribution in [-0.2, 0) is 20.8 Å². The van der Waals surface area contributed by atoms with Crippen molar-refractivity contribution in [2.75, 3.05) is 11.7 Å². The number of carboxylic acid groups (broad SMARTS) is 1. The second kappa shape index (κ2) is 5.18. The first-order valence-corrected chi connectivity index (χ1v) is 5.85. The molecule has 1 N–H and O–H groups in total. The van der Waals surface area contributed by atoms with Crippen molar-refractivity contribution >= 4 is 17.6 Å². The van der Waals surface area contributed by atoms with E-state index in [1.54, 1.807) is 19.1 Å². The second-order valence-electron chi connectivity index (χ2n) is 4.38. The van der Waals surface area contributed by atoms with Crippen LogP contribution in [-0.4, -0.2) is 23.6 Å². The molecule has 1 unspecified atom stereocenters. The summed E-state index contributed by atoms with van der Waals surface area (Å²) in [5.74, 6) is -1.28. The number of benzene rings is 1. The molecule has 0 radical (unpaired) electrons. The molecule has 1 saturated heterocycles. The smallest absolute Gasteiger partial charge is 0.306 e. The number of aliphatic carboxylic acids is 1. The maximum Gasteiger partial charge on any atom is 0.306 e. The Labute approximate surface area is 105 Å². The summed E-state index contributed by atoms with van der Waals surface area (Å²) in [5, 5.41) is 10.1. The standard InChI is InChI=1S/C13H15NO4/c1-9(13(16)17)8-10-2-4-11(5-3-10)14-12(15)6-7-18-14/h2-5,9H,6-8H2,1H3,(H,16,17). The highest BCUT2D eigenvalue weighted by atomic mass is 16.7. The molecule has 0 bridgehead atoms. The summed E-state index contributed by atoms with van der Waals surface area (Å²) in [5.41, 5.74) is 1.62. The van der Waals surface area contributed by atoms with Crippen LogP contribution >= 0.6 is 0 Å². The Bertz CT molecular complexity index is 455. The molecular formula is C13H15NO4. The molecule has 0 spiro atoms. The van der Waals surface area contributed by atoms with E-state index in [1.807, 2.05) is 12.1 Å². The van der Waals surface area contributed by atoms with E-state index in [0.29, 0.717) is 25.1 Å². The third-order valence-corrected chi connectivity index (χ3v) is 2.90. The van der Waals surface area contributed by atoms with E-state index in [4.69, 9.17) is 9.94 Å². The average molecular weight is 249 g/mol. The monoisotopic (exact) mass is 249 g/mol. The van der Waals surface area contributed by atoms with Gasteiger partial charge in [0.1, 0.15) is 0 Å². The van der Waals surface area contributed by atoms with Crippen molar-refractivity contribution in [2.24, 2.45) is 5.92 Å². The highest BCUT2D eigenvalue weighted by Crippen LogP contribution is 2.21. The van der Waals surface area contributed by atoms with Gasteiger partial charge in [-0.25, -0.2) is 0 Å². The summed E-state index contributed by atoms with van der Waals surface area (Å²) in [7, 11) is 0. The van der Waals surface area contributed by atoms with E-state index in [1.165, 1.54) is 5.06 Å². The van der Waals surface area contributed by atoms with Crippen molar-refractivity contribution in [3.05, 3.63) is 29.8 Å². The number of carboxylic acids is 1. The third-order valence-electron chi connectivity index (χ3n) is 2.90. The van der Waals surface area contributed by atoms with Gasteiger partial charge < -0.3 is 5.11 Å². The molecular weight excluding hydrogens is 234 g/mol. The largest absolute Gasteiger partial charge is 0.481 e. The number of hydrogen-bond donors (Lipinski definition) is 1. The quantitative estimate of drug-likeness (QED) is 0.880. The predicted molar refractivity (Wildman–Crippen MR) is 65.0 cm³/mol. The summed E-state index contributed by atoms with van der Waals surface area (Å²) >= 11 is 0. The van der Waals surface area contributed by atoms with Gasteiger partial charge in [0.05, 0.1) is 24.6 Å². The van der Waals surface area contributed by atoms with Gasteiger partial charge in [-0.1, -0.05) is 19.1 Å². The zero-order chi connectivity index (χ0) is 13.1. The van der Waals surface area contributed by atoms with E-state index in [0.717, 1.165) is 5.56 Å². The lowest BCUT2D eigenvalue weighted by Gasteiger charge is -2.14. The fourth-order valence-corrected chi connectivity index (χ4v) is 1.82. The van der Waals surface area contributed by atoms with Gasteiger partial charge in [0.15, 0.2) is 0 Å². The molecule has 2 rings (SSSR count). The topological polar surface area (TPSA) is 66.8 Å². The van der Waals surface area contributed by atoms with Gasteiger partial charge in [0, 0.05) is 0 Å². The zero-order valence-electron chi connectivity index (χ0n) is 10.1. The Morgan fingerprint density at radius 2 is 2.11 bits per heavy atom. The predicted octanol–water partition coefficient (Wildman–Crippen LogP) is 1.62. The fraction of sp³-hybridized carbons (Fsp3) is 0.385. The highest BCUT2D eigenvalue weighted by Gasteiger charge is 2.23. The lowest BCUT2D eigenvalue weighted by molar-refractivity contribution is -0.141. The first kappa shape index (κ1) is 12.6. The Hall–Kier alpha value is -1.88. The van der Waals surface area contributed by atoms with Crippen LogP contribution in [0.2, 0.25) is 0 Å². The van der Waals surface area contributed by atoms with E-state index in [2.05, 4.69) is 0 Å². The van der Waals surface area contributed by atoms with Gasteiger partial charge in [-0.2, -0.15) is 5.06 Å². The molecule has 1 amide bonds. The molecule has 1 aliphatic rings. The van der Waals surface area contributed by atoms with Crippen LogP contribution in [0.3, 0.4) is 0 Å². The lowest BCUT2D eigenvalue weighted by Crippen LogP contribution is -2.22. The summed E-state index contributed by atoms with van der Waals surface area (Å²) in [6.45, 7) is 2.08. The molecule has 0 saturated carbocycles. The van der Waals surface area contributed by atoms with Gasteiger partial charge in [-0.15, -0.1) is 0 Å². The number of amides is 1. The van der Waals surface area contributed by atoms with Crippen LogP contribution in [0.15, 0.2) is 24.3 Å². The van der Waals surface area contributed by atoms with Crippen LogP contribution in [0.5, 0.6) is 0 Å². The summed E-state index contributed by atoms with van der Waals surface area (Å²) < 4.78 is 0. The third kappa shape index (κ3) is 2.68. The van der Waals surface area contributed by atoms with Gasteiger partial charge in [-0.3, -0.25) is 14.4 Å². The molecule has 1 fully saturated rings. The molecule has 1 heterocycles. The van der Waals surface area contributed by atoms with Crippen molar-refractivity contribution in [3.63, 3.8) is 0 Å². The van der Waals surface area contributed by atoms with Crippen molar-refractivity contribution < 1.29 is 19.5 Å². The van der Waals surface area contributed by atoms with E-state index < -0.39 is 11.9 Å². The number of carbonyl (C=O) groups excluding carboxylic acids is 1. The van der Waals surface area contributed by atoms with Gasteiger partial charge in [0.2, 0.25) is 0 Å². The first-order chi connectivity index (χ1) is 8.58.